The van der Waals surface area contributed by atoms with Crippen LogP contribution in [0.1, 0.15) is 30.9 Å². The fourth-order valence-electron chi connectivity index (χ4n) is 1.50. The number of aryl methyl sites for hydroxylation is 1. The molecule has 0 atom stereocenters. The van der Waals surface area contributed by atoms with Crippen LogP contribution in [-0.2, 0) is 10.0 Å². The van der Waals surface area contributed by atoms with Gasteiger partial charge in [0.2, 0.25) is 10.0 Å². The second kappa shape index (κ2) is 7.29. The molecule has 1 aromatic carbocycles. The average Bonchev–Trinajstić information content (AvgIpc) is 2.36. The molecule has 0 spiro atoms. The summed E-state index contributed by atoms with van der Waals surface area (Å²) in [6.07, 6.45) is 1.06. The van der Waals surface area contributed by atoms with E-state index in [0.717, 1.165) is 12.0 Å². The second-order valence-corrected chi connectivity index (χ2v) is 5.91. The summed E-state index contributed by atoms with van der Waals surface area (Å²) in [5, 5.41) is 8.71. The van der Waals surface area contributed by atoms with E-state index in [1.165, 1.54) is 0 Å². The number of aliphatic hydroxyl groups is 1. The zero-order chi connectivity index (χ0) is 14.3. The van der Waals surface area contributed by atoms with Crippen LogP contribution in [-0.4, -0.2) is 26.7 Å². The Morgan fingerprint density at radius 3 is 2.74 bits per heavy atom. The van der Waals surface area contributed by atoms with E-state index >= 15 is 0 Å². The van der Waals surface area contributed by atoms with Crippen LogP contribution in [0.4, 0.5) is 0 Å². The van der Waals surface area contributed by atoms with E-state index < -0.39 is 10.0 Å². The third-order valence-electron chi connectivity index (χ3n) is 2.43. The van der Waals surface area contributed by atoms with Crippen LogP contribution in [0.25, 0.3) is 0 Å². The van der Waals surface area contributed by atoms with Gasteiger partial charge in [0.1, 0.15) is 0 Å². The smallest absolute Gasteiger partial charge is 0.241 e. The summed E-state index contributed by atoms with van der Waals surface area (Å²) in [5.41, 5.74) is 1.42. The molecule has 0 aromatic heterocycles. The molecule has 5 heteroatoms. The normalized spacial score (nSPS) is 10.9. The molecule has 0 heterocycles. The van der Waals surface area contributed by atoms with Gasteiger partial charge in [0, 0.05) is 18.5 Å². The Morgan fingerprint density at radius 1 is 1.37 bits per heavy atom. The van der Waals surface area contributed by atoms with Crippen molar-refractivity contribution in [2.75, 3.05) is 13.2 Å². The van der Waals surface area contributed by atoms with Crippen LogP contribution in [0.5, 0.6) is 0 Å². The Hall–Kier alpha value is -1.35. The highest BCUT2D eigenvalue weighted by molar-refractivity contribution is 7.89. The standard InChI is InChI=1S/C14H19NO3S/c1-3-9-15-19(17,18)14-8-7-12(2)11-13(14)6-4-5-10-16/h7-8,11,15-16H,3,5,9-10H2,1-2H3. The lowest BCUT2D eigenvalue weighted by atomic mass is 10.1. The fourth-order valence-corrected chi connectivity index (χ4v) is 2.78. The molecular weight excluding hydrogens is 262 g/mol. The Labute approximate surface area is 114 Å². The van der Waals surface area contributed by atoms with Crippen molar-refractivity contribution in [3.63, 3.8) is 0 Å². The van der Waals surface area contributed by atoms with Crippen LogP contribution in [0, 0.1) is 18.8 Å². The number of hydrogen-bond acceptors (Lipinski definition) is 3. The maximum absolute atomic E-state index is 12.1. The molecule has 1 aromatic rings. The van der Waals surface area contributed by atoms with Crippen molar-refractivity contribution in [1.29, 1.82) is 0 Å². The van der Waals surface area contributed by atoms with Crippen LogP contribution in [0.3, 0.4) is 0 Å². The van der Waals surface area contributed by atoms with E-state index in [0.29, 0.717) is 18.5 Å². The maximum Gasteiger partial charge on any atom is 0.241 e. The Kier molecular flexibility index (Phi) is 6.03. The van der Waals surface area contributed by atoms with Gasteiger partial charge in [-0.15, -0.1) is 0 Å². The molecule has 0 radical (unpaired) electrons. The Bertz CT molecular complexity index is 582. The van der Waals surface area contributed by atoms with Crippen molar-refractivity contribution in [1.82, 2.24) is 4.72 Å². The van der Waals surface area contributed by atoms with Crippen LogP contribution >= 0.6 is 0 Å². The molecule has 104 valence electrons. The first-order valence-corrected chi connectivity index (χ1v) is 7.69. The van der Waals surface area contributed by atoms with E-state index in [2.05, 4.69) is 16.6 Å². The highest BCUT2D eigenvalue weighted by atomic mass is 32.2. The first-order valence-electron chi connectivity index (χ1n) is 6.21. The van der Waals surface area contributed by atoms with Crippen LogP contribution in [0.2, 0.25) is 0 Å². The van der Waals surface area contributed by atoms with Gasteiger partial charge in [0.15, 0.2) is 0 Å². The molecule has 2 N–H and O–H groups in total. The minimum atomic E-state index is -3.52. The van der Waals surface area contributed by atoms with Crippen molar-refractivity contribution in [3.8, 4) is 11.8 Å². The topological polar surface area (TPSA) is 66.4 Å². The molecule has 0 saturated carbocycles. The Morgan fingerprint density at radius 2 is 2.11 bits per heavy atom. The molecule has 1 rings (SSSR count). The lowest BCUT2D eigenvalue weighted by Crippen LogP contribution is -2.25. The zero-order valence-corrected chi connectivity index (χ0v) is 12.0. The molecule has 0 bridgehead atoms. The summed E-state index contributed by atoms with van der Waals surface area (Å²) in [6.45, 7) is 4.15. The predicted octanol–water partition coefficient (Wildman–Crippen LogP) is 1.42. The van der Waals surface area contributed by atoms with Crippen LogP contribution in [0.15, 0.2) is 23.1 Å². The van der Waals surface area contributed by atoms with Gasteiger partial charge in [-0.05, 0) is 31.0 Å². The number of sulfonamides is 1. The molecule has 0 unspecified atom stereocenters. The SMILES string of the molecule is CCCNS(=O)(=O)c1ccc(C)cc1C#CCCO. The molecule has 0 aliphatic carbocycles. The van der Waals surface area contributed by atoms with Gasteiger partial charge in [0.25, 0.3) is 0 Å². The molecular formula is C14H19NO3S. The van der Waals surface area contributed by atoms with Crippen molar-refractivity contribution < 1.29 is 13.5 Å². The van der Waals surface area contributed by atoms with Crippen molar-refractivity contribution in [3.05, 3.63) is 29.3 Å². The molecule has 4 nitrogen and oxygen atoms in total. The summed E-state index contributed by atoms with van der Waals surface area (Å²) in [6, 6.07) is 5.05. The fraction of sp³-hybridized carbons (Fsp3) is 0.429. The lowest BCUT2D eigenvalue weighted by molar-refractivity contribution is 0.305. The number of benzene rings is 1. The largest absolute Gasteiger partial charge is 0.395 e. The quantitative estimate of drug-likeness (QED) is 0.802. The van der Waals surface area contributed by atoms with E-state index in [-0.39, 0.29) is 11.5 Å². The predicted molar refractivity (Wildman–Crippen MR) is 75.2 cm³/mol. The van der Waals surface area contributed by atoms with E-state index in [9.17, 15) is 8.42 Å². The molecule has 0 fully saturated rings. The van der Waals surface area contributed by atoms with E-state index in [1.54, 1.807) is 18.2 Å². The molecule has 19 heavy (non-hydrogen) atoms. The van der Waals surface area contributed by atoms with E-state index in [1.807, 2.05) is 13.8 Å². The molecule has 0 amide bonds. The molecule has 0 saturated heterocycles. The monoisotopic (exact) mass is 281 g/mol. The third-order valence-corrected chi connectivity index (χ3v) is 3.95. The van der Waals surface area contributed by atoms with Crippen LogP contribution < -0.4 is 4.72 Å². The first kappa shape index (κ1) is 15.7. The lowest BCUT2D eigenvalue weighted by Gasteiger charge is -2.08. The Balaban J connectivity index is 3.17. The molecule has 0 aliphatic rings. The van der Waals surface area contributed by atoms with Gasteiger partial charge >= 0.3 is 0 Å². The van der Waals surface area contributed by atoms with E-state index in [4.69, 9.17) is 5.11 Å². The summed E-state index contributed by atoms with van der Waals surface area (Å²) >= 11 is 0. The molecule has 0 aliphatic heterocycles. The van der Waals surface area contributed by atoms with Gasteiger partial charge in [-0.2, -0.15) is 0 Å². The summed E-state index contributed by atoms with van der Waals surface area (Å²) in [7, 11) is -3.52. The highest BCUT2D eigenvalue weighted by Crippen LogP contribution is 2.16. The van der Waals surface area contributed by atoms with Crippen molar-refractivity contribution in [2.45, 2.75) is 31.6 Å². The van der Waals surface area contributed by atoms with Crippen molar-refractivity contribution in [2.24, 2.45) is 0 Å². The minimum Gasteiger partial charge on any atom is -0.395 e. The number of hydrogen-bond donors (Lipinski definition) is 2. The maximum atomic E-state index is 12.1. The van der Waals surface area contributed by atoms with Gasteiger partial charge < -0.3 is 5.11 Å². The summed E-state index contributed by atoms with van der Waals surface area (Å²) in [4.78, 5) is 0.192. The highest BCUT2D eigenvalue weighted by Gasteiger charge is 2.16. The number of rotatable bonds is 5. The number of aliphatic hydroxyl groups excluding tert-OH is 1. The van der Waals surface area contributed by atoms with Gasteiger partial charge in [0.05, 0.1) is 11.5 Å². The third kappa shape index (κ3) is 4.67. The first-order chi connectivity index (χ1) is 9.01. The number of nitrogens with one attached hydrogen (secondary N) is 1. The van der Waals surface area contributed by atoms with Gasteiger partial charge in [-0.25, -0.2) is 13.1 Å². The summed E-state index contributed by atoms with van der Waals surface area (Å²) in [5.74, 6) is 5.56. The second-order valence-electron chi connectivity index (χ2n) is 4.17. The average molecular weight is 281 g/mol. The summed E-state index contributed by atoms with van der Waals surface area (Å²) < 4.78 is 26.8. The zero-order valence-electron chi connectivity index (χ0n) is 11.2. The van der Waals surface area contributed by atoms with Crippen molar-refractivity contribution >= 4 is 10.0 Å². The van der Waals surface area contributed by atoms with Gasteiger partial charge in [-0.1, -0.05) is 24.8 Å². The van der Waals surface area contributed by atoms with Gasteiger partial charge in [-0.3, -0.25) is 0 Å². The minimum absolute atomic E-state index is 0.0328.